The number of allylic oxidation sites excluding steroid dienone is 2. The topological polar surface area (TPSA) is 0 Å². The molecule has 2 rings (SSSR count). The fourth-order valence-corrected chi connectivity index (χ4v) is 1.96. The van der Waals surface area contributed by atoms with Crippen LogP contribution in [0, 0.1) is 13.8 Å². The van der Waals surface area contributed by atoms with Gasteiger partial charge in [0, 0.05) is 0 Å². The zero-order chi connectivity index (χ0) is 12.4. The summed E-state index contributed by atoms with van der Waals surface area (Å²) in [5, 5.41) is 2.61. The van der Waals surface area contributed by atoms with Crippen molar-refractivity contribution in [3.05, 3.63) is 65.3 Å². The first-order valence-electron chi connectivity index (χ1n) is 5.91. The summed E-state index contributed by atoms with van der Waals surface area (Å²) < 4.78 is 0. The minimum Gasteiger partial charge on any atom is -0.0961 e. The highest BCUT2D eigenvalue weighted by Gasteiger charge is 1.99. The van der Waals surface area contributed by atoms with Crippen LogP contribution in [0.25, 0.3) is 16.8 Å². The van der Waals surface area contributed by atoms with Gasteiger partial charge in [-0.25, -0.2) is 0 Å². The Morgan fingerprint density at radius 2 is 1.82 bits per heavy atom. The van der Waals surface area contributed by atoms with E-state index >= 15 is 0 Å². The van der Waals surface area contributed by atoms with Gasteiger partial charge in [-0.15, -0.1) is 0 Å². The molecule has 0 heterocycles. The number of rotatable bonds is 2. The lowest BCUT2D eigenvalue weighted by Crippen LogP contribution is -1.83. The second-order valence-corrected chi connectivity index (χ2v) is 4.74. The van der Waals surface area contributed by atoms with E-state index in [-0.39, 0.29) is 0 Å². The second kappa shape index (κ2) is 4.58. The molecule has 0 radical (unpaired) electrons. The SMILES string of the molecule is C=C(C)/C=C\c1cc2cc(C)ccc2cc1C. The molecule has 0 bridgehead atoms. The lowest BCUT2D eigenvalue weighted by molar-refractivity contribution is 1.45. The molecule has 86 valence electrons. The van der Waals surface area contributed by atoms with Crippen LogP contribution in [0.2, 0.25) is 0 Å². The monoisotopic (exact) mass is 222 g/mol. The van der Waals surface area contributed by atoms with Gasteiger partial charge in [0.25, 0.3) is 0 Å². The highest BCUT2D eigenvalue weighted by molar-refractivity contribution is 5.86. The number of fused-ring (bicyclic) bond motifs is 1. The van der Waals surface area contributed by atoms with E-state index in [9.17, 15) is 0 Å². The van der Waals surface area contributed by atoms with Gasteiger partial charge in [0.15, 0.2) is 0 Å². The maximum absolute atomic E-state index is 3.89. The van der Waals surface area contributed by atoms with Gasteiger partial charge < -0.3 is 0 Å². The Morgan fingerprint density at radius 3 is 2.53 bits per heavy atom. The molecule has 0 fully saturated rings. The van der Waals surface area contributed by atoms with Gasteiger partial charge >= 0.3 is 0 Å². The molecule has 0 aromatic heterocycles. The van der Waals surface area contributed by atoms with E-state index in [1.807, 2.05) is 6.92 Å². The predicted molar refractivity (Wildman–Crippen MR) is 77.3 cm³/mol. The summed E-state index contributed by atoms with van der Waals surface area (Å²) in [6.07, 6.45) is 4.20. The van der Waals surface area contributed by atoms with E-state index in [1.54, 1.807) is 0 Å². The van der Waals surface area contributed by atoms with Crippen molar-refractivity contribution >= 4 is 16.8 Å². The van der Waals surface area contributed by atoms with E-state index in [4.69, 9.17) is 0 Å². The van der Waals surface area contributed by atoms with Crippen LogP contribution in [0.1, 0.15) is 23.6 Å². The average Bonchev–Trinajstić information content (AvgIpc) is 2.26. The summed E-state index contributed by atoms with van der Waals surface area (Å²) in [5.41, 5.74) is 4.95. The molecule has 0 amide bonds. The molecule has 0 aliphatic heterocycles. The summed E-state index contributed by atoms with van der Waals surface area (Å²) in [6.45, 7) is 10.2. The van der Waals surface area contributed by atoms with Crippen molar-refractivity contribution < 1.29 is 0 Å². The Morgan fingerprint density at radius 1 is 1.06 bits per heavy atom. The zero-order valence-corrected chi connectivity index (χ0v) is 10.7. The Kier molecular flexibility index (Phi) is 3.14. The lowest BCUT2D eigenvalue weighted by Gasteiger charge is -2.05. The van der Waals surface area contributed by atoms with Crippen LogP contribution < -0.4 is 0 Å². The summed E-state index contributed by atoms with van der Waals surface area (Å²) in [7, 11) is 0. The van der Waals surface area contributed by atoms with Gasteiger partial charge in [0.1, 0.15) is 0 Å². The van der Waals surface area contributed by atoms with Gasteiger partial charge in [0.2, 0.25) is 0 Å². The Balaban J connectivity index is 2.57. The van der Waals surface area contributed by atoms with Crippen LogP contribution >= 0.6 is 0 Å². The molecule has 2 aromatic rings. The lowest BCUT2D eigenvalue weighted by atomic mass is 10.00. The third-order valence-electron chi connectivity index (χ3n) is 2.93. The first kappa shape index (κ1) is 11.7. The molecule has 0 unspecified atom stereocenters. The first-order valence-corrected chi connectivity index (χ1v) is 5.91. The molecule has 0 N–H and O–H groups in total. The van der Waals surface area contributed by atoms with Crippen molar-refractivity contribution in [3.63, 3.8) is 0 Å². The fourth-order valence-electron chi connectivity index (χ4n) is 1.96. The van der Waals surface area contributed by atoms with Gasteiger partial charge in [-0.1, -0.05) is 54.1 Å². The minimum absolute atomic E-state index is 1.08. The highest BCUT2D eigenvalue weighted by atomic mass is 14.0. The number of hydrogen-bond acceptors (Lipinski definition) is 0. The highest BCUT2D eigenvalue weighted by Crippen LogP contribution is 2.22. The molecule has 0 atom stereocenters. The van der Waals surface area contributed by atoms with Gasteiger partial charge in [-0.05, 0) is 48.7 Å². The van der Waals surface area contributed by atoms with E-state index < -0.39 is 0 Å². The smallest absolute Gasteiger partial charge is 0.0175 e. The molecule has 0 heteroatoms. The van der Waals surface area contributed by atoms with Crippen molar-refractivity contribution in [2.24, 2.45) is 0 Å². The van der Waals surface area contributed by atoms with Gasteiger partial charge in [-0.3, -0.25) is 0 Å². The molecule has 0 saturated carbocycles. The van der Waals surface area contributed by atoms with Crippen LogP contribution in [-0.2, 0) is 0 Å². The largest absolute Gasteiger partial charge is 0.0961 e. The molecule has 2 aromatic carbocycles. The normalized spacial score (nSPS) is 11.2. The number of hydrogen-bond donors (Lipinski definition) is 0. The van der Waals surface area contributed by atoms with E-state index in [2.05, 4.69) is 62.9 Å². The van der Waals surface area contributed by atoms with Crippen LogP contribution in [0.3, 0.4) is 0 Å². The van der Waals surface area contributed by atoms with Crippen LogP contribution in [0.4, 0.5) is 0 Å². The van der Waals surface area contributed by atoms with Gasteiger partial charge in [-0.2, -0.15) is 0 Å². The van der Waals surface area contributed by atoms with Crippen molar-refractivity contribution in [2.75, 3.05) is 0 Å². The van der Waals surface area contributed by atoms with E-state index in [0.717, 1.165) is 5.57 Å². The van der Waals surface area contributed by atoms with Crippen LogP contribution in [0.5, 0.6) is 0 Å². The quantitative estimate of drug-likeness (QED) is 0.624. The first-order chi connectivity index (χ1) is 8.06. The summed E-state index contributed by atoms with van der Waals surface area (Å²) >= 11 is 0. The molecule has 0 saturated heterocycles. The molecule has 17 heavy (non-hydrogen) atoms. The standard InChI is InChI=1S/C17H18/c1-12(2)5-7-15-11-17-9-13(3)6-8-16(17)10-14(15)4/h5-11H,1H2,2-4H3/b7-5-. The predicted octanol–water partition coefficient (Wildman–Crippen LogP) is 5.05. The van der Waals surface area contributed by atoms with Crippen molar-refractivity contribution in [3.8, 4) is 0 Å². The maximum Gasteiger partial charge on any atom is -0.0175 e. The maximum atomic E-state index is 3.89. The molecule has 0 nitrogen and oxygen atoms in total. The molecular formula is C17H18. The third kappa shape index (κ3) is 2.65. The van der Waals surface area contributed by atoms with Gasteiger partial charge in [0.05, 0.1) is 0 Å². The number of aryl methyl sites for hydroxylation is 2. The van der Waals surface area contributed by atoms with Crippen molar-refractivity contribution in [1.82, 2.24) is 0 Å². The Bertz CT molecular complexity index is 601. The van der Waals surface area contributed by atoms with Crippen LogP contribution in [-0.4, -0.2) is 0 Å². The third-order valence-corrected chi connectivity index (χ3v) is 2.93. The minimum atomic E-state index is 1.08. The second-order valence-electron chi connectivity index (χ2n) is 4.74. The van der Waals surface area contributed by atoms with Crippen molar-refractivity contribution in [1.29, 1.82) is 0 Å². The van der Waals surface area contributed by atoms with E-state index in [1.165, 1.54) is 27.5 Å². The fraction of sp³-hybridized carbons (Fsp3) is 0.176. The van der Waals surface area contributed by atoms with Crippen LogP contribution in [0.15, 0.2) is 48.6 Å². The summed E-state index contributed by atoms with van der Waals surface area (Å²) in [4.78, 5) is 0. The Hall–Kier alpha value is -1.82. The molecule has 0 spiro atoms. The summed E-state index contributed by atoms with van der Waals surface area (Å²) in [5.74, 6) is 0. The molecular weight excluding hydrogens is 204 g/mol. The van der Waals surface area contributed by atoms with Crippen molar-refractivity contribution in [2.45, 2.75) is 20.8 Å². The average molecular weight is 222 g/mol. The molecule has 0 aliphatic carbocycles. The Labute approximate surface area is 103 Å². The number of benzene rings is 2. The van der Waals surface area contributed by atoms with E-state index in [0.29, 0.717) is 0 Å². The summed E-state index contributed by atoms with van der Waals surface area (Å²) in [6, 6.07) is 11.1. The zero-order valence-electron chi connectivity index (χ0n) is 10.7. The molecule has 0 aliphatic rings.